The molecule has 0 fully saturated rings. The van der Waals surface area contributed by atoms with Gasteiger partial charge in [0, 0.05) is 31.7 Å². The fraction of sp³-hybridized carbons (Fsp3) is 0.333. The van der Waals surface area contributed by atoms with Crippen molar-refractivity contribution in [1.82, 2.24) is 19.8 Å². The Morgan fingerprint density at radius 3 is 2.31 bits per heavy atom. The molecule has 2 heterocycles. The summed E-state index contributed by atoms with van der Waals surface area (Å²) in [4.78, 5) is 50.8. The summed E-state index contributed by atoms with van der Waals surface area (Å²) in [5, 5.41) is 15.2. The number of amides is 3. The molecule has 1 unspecified atom stereocenters. The van der Waals surface area contributed by atoms with Crippen LogP contribution in [0.5, 0.6) is 23.4 Å². The number of fused-ring (bicyclic) bond motifs is 1. The number of hydrogen-bond donors (Lipinski definition) is 2. The van der Waals surface area contributed by atoms with Crippen molar-refractivity contribution < 1.29 is 23.9 Å². The van der Waals surface area contributed by atoms with Crippen LogP contribution >= 0.6 is 0 Å². The van der Waals surface area contributed by atoms with Crippen LogP contribution in [0.2, 0.25) is 0 Å². The molecule has 0 saturated carbocycles. The number of nitriles is 1. The number of rotatable bonds is 10. The minimum absolute atomic E-state index is 0.0387. The Hall–Kier alpha value is -5.18. The van der Waals surface area contributed by atoms with Crippen molar-refractivity contribution in [2.75, 3.05) is 36.8 Å². The maximum absolute atomic E-state index is 13.2. The molecule has 0 radical (unpaired) electrons. The predicted molar refractivity (Wildman–Crippen MR) is 156 cm³/mol. The molecular formula is C30H33N7O5. The van der Waals surface area contributed by atoms with Crippen LogP contribution in [0.3, 0.4) is 0 Å². The summed E-state index contributed by atoms with van der Waals surface area (Å²) in [7, 11) is 0. The highest BCUT2D eigenvalue weighted by molar-refractivity contribution is 6.03. The molecule has 4 rings (SSSR count). The summed E-state index contributed by atoms with van der Waals surface area (Å²) in [6.45, 7) is 11.3. The summed E-state index contributed by atoms with van der Waals surface area (Å²) in [6.07, 6.45) is 0. The molecule has 1 atom stereocenters. The Labute approximate surface area is 244 Å². The van der Waals surface area contributed by atoms with E-state index in [1.54, 1.807) is 41.0 Å². The van der Waals surface area contributed by atoms with Crippen LogP contribution in [-0.2, 0) is 4.79 Å². The molecule has 218 valence electrons. The van der Waals surface area contributed by atoms with Crippen LogP contribution in [0.4, 0.5) is 11.5 Å². The number of carbonyl (C=O) groups is 3. The first kappa shape index (κ1) is 29.8. The highest BCUT2D eigenvalue weighted by Crippen LogP contribution is 2.39. The van der Waals surface area contributed by atoms with Crippen molar-refractivity contribution in [1.29, 1.82) is 5.26 Å². The molecule has 0 aliphatic carbocycles. The number of nitrogens with zero attached hydrogens (tertiary/aromatic N) is 5. The number of nitrogens with one attached hydrogen (secondary N) is 2. The van der Waals surface area contributed by atoms with Gasteiger partial charge in [-0.2, -0.15) is 15.2 Å². The molecular weight excluding hydrogens is 538 g/mol. The lowest BCUT2D eigenvalue weighted by atomic mass is 10.1. The van der Waals surface area contributed by atoms with E-state index in [1.165, 1.54) is 18.2 Å². The average Bonchev–Trinajstić information content (AvgIpc) is 2.99. The van der Waals surface area contributed by atoms with Crippen LogP contribution in [0.15, 0.2) is 42.5 Å². The highest BCUT2D eigenvalue weighted by Gasteiger charge is 2.29. The van der Waals surface area contributed by atoms with Crippen LogP contribution in [-0.4, -0.2) is 69.7 Å². The number of anilines is 2. The van der Waals surface area contributed by atoms with E-state index in [-0.39, 0.29) is 58.0 Å². The maximum Gasteiger partial charge on any atom is 0.327 e. The third-order valence-electron chi connectivity index (χ3n) is 6.79. The molecule has 2 aromatic carbocycles. The van der Waals surface area contributed by atoms with Crippen molar-refractivity contribution in [2.45, 2.75) is 40.7 Å². The van der Waals surface area contributed by atoms with Gasteiger partial charge in [-0.1, -0.05) is 6.07 Å². The number of aromatic nitrogens is 2. The van der Waals surface area contributed by atoms with Crippen molar-refractivity contribution in [2.24, 2.45) is 0 Å². The predicted octanol–water partition coefficient (Wildman–Crippen LogP) is 4.65. The third kappa shape index (κ3) is 6.25. The second kappa shape index (κ2) is 13.0. The van der Waals surface area contributed by atoms with Gasteiger partial charge in [0.1, 0.15) is 23.2 Å². The van der Waals surface area contributed by atoms with E-state index >= 15 is 0 Å². The largest absolute Gasteiger partial charge is 0.437 e. The Morgan fingerprint density at radius 1 is 0.952 bits per heavy atom. The van der Waals surface area contributed by atoms with Gasteiger partial charge in [-0.05, 0) is 71.0 Å². The van der Waals surface area contributed by atoms with Gasteiger partial charge in [-0.15, -0.1) is 0 Å². The van der Waals surface area contributed by atoms with Gasteiger partial charge < -0.3 is 29.9 Å². The molecule has 12 heteroatoms. The molecule has 2 N–H and O–H groups in total. The number of carbonyl (C=O) groups excluding carboxylic acids is 3. The Bertz CT molecular complexity index is 1540. The van der Waals surface area contributed by atoms with Gasteiger partial charge in [0.15, 0.2) is 5.82 Å². The van der Waals surface area contributed by atoms with Crippen LogP contribution in [0.25, 0.3) is 0 Å². The standard InChI is InChI=1S/C30H33N7O5/c1-6-36(7-2)28(39)20-11-10-12-21(16-20)41-27-24-25(32-18(5)26(38)33-24)34-30(35-27)42-23-15-19(17-31)13-14-22(23)29(40)37(8-3)9-4/h10-16,18H,6-9H2,1-5H3,(H,33,38)(H,32,34,35). The van der Waals surface area contributed by atoms with Gasteiger partial charge in [0.25, 0.3) is 17.7 Å². The number of benzene rings is 2. The SMILES string of the molecule is CCN(CC)C(=O)c1cccc(Oc2nc(Oc3cc(C#N)ccc3C(=O)N(CC)CC)nc3c2NC(=O)C(C)N3)c1. The van der Waals surface area contributed by atoms with Crippen molar-refractivity contribution in [3.8, 4) is 29.5 Å². The van der Waals surface area contributed by atoms with E-state index in [4.69, 9.17) is 9.47 Å². The fourth-order valence-electron chi connectivity index (χ4n) is 4.39. The summed E-state index contributed by atoms with van der Waals surface area (Å²) >= 11 is 0. The van der Waals surface area contributed by atoms with Gasteiger partial charge in [-0.3, -0.25) is 14.4 Å². The molecule has 3 amide bonds. The van der Waals surface area contributed by atoms with Gasteiger partial charge >= 0.3 is 6.01 Å². The monoisotopic (exact) mass is 571 g/mol. The molecule has 1 aliphatic heterocycles. The van der Waals surface area contributed by atoms with Crippen molar-refractivity contribution in [3.63, 3.8) is 0 Å². The zero-order valence-corrected chi connectivity index (χ0v) is 24.2. The second-order valence-corrected chi connectivity index (χ2v) is 9.40. The summed E-state index contributed by atoms with van der Waals surface area (Å²) in [5.74, 6) is -0.140. The zero-order valence-electron chi connectivity index (χ0n) is 24.2. The maximum atomic E-state index is 13.2. The lowest BCUT2D eigenvalue weighted by Gasteiger charge is -2.25. The van der Waals surface area contributed by atoms with E-state index in [0.29, 0.717) is 37.5 Å². The lowest BCUT2D eigenvalue weighted by molar-refractivity contribution is -0.116. The number of ether oxygens (including phenoxy) is 2. The molecule has 12 nitrogen and oxygen atoms in total. The minimum atomic E-state index is -0.607. The van der Waals surface area contributed by atoms with Gasteiger partial charge in [0.05, 0.1) is 17.2 Å². The number of hydrogen-bond acceptors (Lipinski definition) is 9. The van der Waals surface area contributed by atoms with Gasteiger partial charge in [0.2, 0.25) is 5.91 Å². The van der Waals surface area contributed by atoms with E-state index in [0.717, 1.165) is 0 Å². The van der Waals surface area contributed by atoms with Crippen molar-refractivity contribution >= 4 is 29.2 Å². The molecule has 3 aromatic rings. The molecule has 1 aromatic heterocycles. The zero-order chi connectivity index (χ0) is 30.4. The molecule has 0 saturated heterocycles. The second-order valence-electron chi connectivity index (χ2n) is 9.40. The van der Waals surface area contributed by atoms with E-state index in [9.17, 15) is 19.6 Å². The first-order valence-electron chi connectivity index (χ1n) is 13.8. The average molecular weight is 572 g/mol. The minimum Gasteiger partial charge on any atom is -0.437 e. The topological polar surface area (TPSA) is 150 Å². The van der Waals surface area contributed by atoms with E-state index in [1.807, 2.05) is 27.7 Å². The summed E-state index contributed by atoms with van der Waals surface area (Å²) in [5.41, 5.74) is 1.14. The smallest absolute Gasteiger partial charge is 0.327 e. The normalized spacial score (nSPS) is 13.6. The third-order valence-corrected chi connectivity index (χ3v) is 6.79. The molecule has 0 spiro atoms. The van der Waals surface area contributed by atoms with Crippen LogP contribution < -0.4 is 20.1 Å². The summed E-state index contributed by atoms with van der Waals surface area (Å²) < 4.78 is 12.1. The molecule has 1 aliphatic rings. The van der Waals surface area contributed by atoms with Gasteiger partial charge in [-0.25, -0.2) is 0 Å². The Morgan fingerprint density at radius 2 is 1.64 bits per heavy atom. The highest BCUT2D eigenvalue weighted by atomic mass is 16.5. The lowest BCUT2D eigenvalue weighted by Crippen LogP contribution is -2.37. The van der Waals surface area contributed by atoms with Crippen LogP contribution in [0.1, 0.15) is 60.9 Å². The Kier molecular flexibility index (Phi) is 9.22. The van der Waals surface area contributed by atoms with Crippen molar-refractivity contribution in [3.05, 3.63) is 59.2 Å². The van der Waals surface area contributed by atoms with E-state index < -0.39 is 6.04 Å². The molecule has 42 heavy (non-hydrogen) atoms. The quantitative estimate of drug-likeness (QED) is 0.354. The first-order chi connectivity index (χ1) is 20.2. The molecule has 0 bridgehead atoms. The Balaban J connectivity index is 1.76. The summed E-state index contributed by atoms with van der Waals surface area (Å²) in [6, 6.07) is 12.4. The fourth-order valence-corrected chi connectivity index (χ4v) is 4.39. The van der Waals surface area contributed by atoms with Crippen LogP contribution in [0, 0.1) is 11.3 Å². The first-order valence-corrected chi connectivity index (χ1v) is 13.8. The van der Waals surface area contributed by atoms with E-state index in [2.05, 4.69) is 26.7 Å².